The maximum Gasteiger partial charge on any atom is 0.213 e. The van der Waals surface area contributed by atoms with E-state index in [0.29, 0.717) is 37.1 Å². The third kappa shape index (κ3) is 3.43. The number of nitrogens with zero attached hydrogens (tertiary/aromatic N) is 5. The van der Waals surface area contributed by atoms with Crippen molar-refractivity contribution >= 4 is 0 Å². The van der Waals surface area contributed by atoms with E-state index in [4.69, 9.17) is 14.0 Å². The van der Waals surface area contributed by atoms with Crippen LogP contribution in [0, 0.1) is 12.7 Å². The molecule has 4 aromatic rings. The normalized spacial score (nSPS) is 13.3. The molecule has 0 aliphatic carbocycles. The second-order valence-corrected chi connectivity index (χ2v) is 6.91. The van der Waals surface area contributed by atoms with Crippen LogP contribution in [0.3, 0.4) is 0 Å². The molecule has 0 bridgehead atoms. The van der Waals surface area contributed by atoms with Gasteiger partial charge in [0.15, 0.2) is 0 Å². The van der Waals surface area contributed by atoms with Gasteiger partial charge in [0.05, 0.1) is 31.0 Å². The summed E-state index contributed by atoms with van der Waals surface area (Å²) < 4.78 is 31.7. The number of hydrogen-bond acceptors (Lipinski definition) is 7. The molecule has 1 aromatic carbocycles. The molecule has 1 aliphatic rings. The van der Waals surface area contributed by atoms with E-state index in [1.807, 2.05) is 17.7 Å². The van der Waals surface area contributed by atoms with Crippen molar-refractivity contribution in [1.29, 1.82) is 0 Å². The molecule has 3 aromatic heterocycles. The summed E-state index contributed by atoms with van der Waals surface area (Å²) in [4.78, 5) is 4.39. The molecule has 152 valence electrons. The summed E-state index contributed by atoms with van der Waals surface area (Å²) in [7, 11) is 0. The molecule has 30 heavy (non-hydrogen) atoms. The number of benzene rings is 1. The predicted octanol–water partition coefficient (Wildman–Crippen LogP) is 3.55. The van der Waals surface area contributed by atoms with Crippen molar-refractivity contribution in [1.82, 2.24) is 25.1 Å². The van der Waals surface area contributed by atoms with Crippen LogP contribution in [0.1, 0.15) is 17.0 Å². The van der Waals surface area contributed by atoms with E-state index in [-0.39, 0.29) is 12.4 Å². The molecular weight excluding hydrogens is 389 g/mol. The molecule has 9 heteroatoms. The van der Waals surface area contributed by atoms with Gasteiger partial charge in [0.25, 0.3) is 0 Å². The largest absolute Gasteiger partial charge is 0.473 e. The van der Waals surface area contributed by atoms with Gasteiger partial charge >= 0.3 is 0 Å². The first kappa shape index (κ1) is 18.4. The highest BCUT2D eigenvalue weighted by Gasteiger charge is 2.19. The standard InChI is InChI=1S/C21H18FN5O3/c1-13-17(20(25-30-13)14-2-5-16(22)6-3-14)11-29-19-7-4-15(10-23-19)21-18-12-28-9-8-27(18)26-24-21/h2-7,10H,8-9,11-12H2,1H3. The third-order valence-electron chi connectivity index (χ3n) is 5.00. The zero-order valence-corrected chi connectivity index (χ0v) is 16.2. The van der Waals surface area contributed by atoms with Crippen molar-refractivity contribution < 1.29 is 18.4 Å². The van der Waals surface area contributed by atoms with Crippen molar-refractivity contribution in [3.8, 4) is 28.4 Å². The number of aryl methyl sites for hydroxylation is 1. The summed E-state index contributed by atoms with van der Waals surface area (Å²) in [6.45, 7) is 3.86. The molecule has 0 amide bonds. The zero-order valence-electron chi connectivity index (χ0n) is 16.2. The van der Waals surface area contributed by atoms with Crippen LogP contribution >= 0.6 is 0 Å². The predicted molar refractivity (Wildman–Crippen MR) is 104 cm³/mol. The van der Waals surface area contributed by atoms with Crippen molar-refractivity contribution in [3.63, 3.8) is 0 Å². The van der Waals surface area contributed by atoms with Crippen LogP contribution in [0.4, 0.5) is 4.39 Å². The molecule has 0 fully saturated rings. The topological polar surface area (TPSA) is 88.1 Å². The van der Waals surface area contributed by atoms with Crippen LogP contribution < -0.4 is 4.74 Å². The summed E-state index contributed by atoms with van der Waals surface area (Å²) in [6, 6.07) is 9.77. The molecule has 0 N–H and O–H groups in total. The lowest BCUT2D eigenvalue weighted by atomic mass is 10.1. The number of pyridine rings is 1. The van der Waals surface area contributed by atoms with Crippen LogP contribution in [-0.4, -0.2) is 31.7 Å². The number of hydrogen-bond donors (Lipinski definition) is 0. The van der Waals surface area contributed by atoms with Crippen molar-refractivity contribution in [3.05, 3.63) is 65.4 Å². The number of halogens is 1. The molecule has 0 spiro atoms. The van der Waals surface area contributed by atoms with Gasteiger partial charge in [0.1, 0.15) is 29.6 Å². The van der Waals surface area contributed by atoms with Gasteiger partial charge in [-0.2, -0.15) is 0 Å². The summed E-state index contributed by atoms with van der Waals surface area (Å²) in [5.74, 6) is 0.796. The van der Waals surface area contributed by atoms with Gasteiger partial charge in [0.2, 0.25) is 5.88 Å². The lowest BCUT2D eigenvalue weighted by molar-refractivity contribution is 0.0801. The van der Waals surface area contributed by atoms with E-state index in [2.05, 4.69) is 20.5 Å². The molecule has 1 aliphatic heterocycles. The smallest absolute Gasteiger partial charge is 0.213 e. The molecule has 0 unspecified atom stereocenters. The Morgan fingerprint density at radius 3 is 2.73 bits per heavy atom. The molecule has 0 saturated heterocycles. The van der Waals surface area contributed by atoms with Gasteiger partial charge < -0.3 is 14.0 Å². The molecule has 4 heterocycles. The first-order valence-corrected chi connectivity index (χ1v) is 9.49. The second-order valence-electron chi connectivity index (χ2n) is 6.91. The molecule has 0 atom stereocenters. The lowest BCUT2D eigenvalue weighted by Gasteiger charge is -2.14. The van der Waals surface area contributed by atoms with E-state index < -0.39 is 0 Å². The average molecular weight is 407 g/mol. The highest BCUT2D eigenvalue weighted by molar-refractivity contribution is 5.63. The maximum absolute atomic E-state index is 13.2. The van der Waals surface area contributed by atoms with Crippen LogP contribution in [0.2, 0.25) is 0 Å². The number of ether oxygens (including phenoxy) is 2. The van der Waals surface area contributed by atoms with Crippen molar-refractivity contribution in [2.75, 3.05) is 6.61 Å². The van der Waals surface area contributed by atoms with E-state index >= 15 is 0 Å². The molecule has 0 saturated carbocycles. The van der Waals surface area contributed by atoms with Crippen LogP contribution in [0.5, 0.6) is 5.88 Å². The van der Waals surface area contributed by atoms with Crippen LogP contribution in [0.25, 0.3) is 22.5 Å². The molecule has 8 nitrogen and oxygen atoms in total. The van der Waals surface area contributed by atoms with Gasteiger partial charge in [-0.25, -0.2) is 14.1 Å². The fraction of sp³-hybridized carbons (Fsp3) is 0.238. The average Bonchev–Trinajstić information content (AvgIpc) is 3.37. The number of rotatable bonds is 5. The maximum atomic E-state index is 13.2. The van der Waals surface area contributed by atoms with E-state index in [1.54, 1.807) is 24.4 Å². The lowest BCUT2D eigenvalue weighted by Crippen LogP contribution is -2.17. The van der Waals surface area contributed by atoms with Gasteiger partial charge in [-0.3, -0.25) is 0 Å². The Balaban J connectivity index is 1.33. The zero-order chi connectivity index (χ0) is 20.5. The van der Waals surface area contributed by atoms with E-state index in [0.717, 1.165) is 28.1 Å². The fourth-order valence-electron chi connectivity index (χ4n) is 3.35. The Bertz CT molecular complexity index is 1170. The third-order valence-corrected chi connectivity index (χ3v) is 5.00. The summed E-state index contributed by atoms with van der Waals surface area (Å²) >= 11 is 0. The highest BCUT2D eigenvalue weighted by Crippen LogP contribution is 2.28. The molecule has 0 radical (unpaired) electrons. The van der Waals surface area contributed by atoms with Crippen molar-refractivity contribution in [2.24, 2.45) is 0 Å². The van der Waals surface area contributed by atoms with E-state index in [9.17, 15) is 4.39 Å². The Morgan fingerprint density at radius 2 is 1.93 bits per heavy atom. The van der Waals surface area contributed by atoms with E-state index in [1.165, 1.54) is 12.1 Å². The molecular formula is C21H18FN5O3. The van der Waals surface area contributed by atoms with Gasteiger partial charge in [0, 0.05) is 23.4 Å². The summed E-state index contributed by atoms with van der Waals surface area (Å²) in [6.07, 6.45) is 1.70. The monoisotopic (exact) mass is 407 g/mol. The Morgan fingerprint density at radius 1 is 1.10 bits per heavy atom. The Labute approximate surface area is 171 Å². The summed E-state index contributed by atoms with van der Waals surface area (Å²) in [5.41, 5.74) is 4.73. The Kier molecular flexibility index (Phi) is 4.72. The highest BCUT2D eigenvalue weighted by atomic mass is 19.1. The SMILES string of the molecule is Cc1onc(-c2ccc(F)cc2)c1COc1ccc(-c2nnn3c2COCC3)cn1. The minimum absolute atomic E-state index is 0.226. The molecule has 5 rings (SSSR count). The van der Waals surface area contributed by atoms with Gasteiger partial charge in [-0.15, -0.1) is 5.10 Å². The van der Waals surface area contributed by atoms with Crippen molar-refractivity contribution in [2.45, 2.75) is 26.7 Å². The number of fused-ring (bicyclic) bond motifs is 1. The van der Waals surface area contributed by atoms with Crippen LogP contribution in [-0.2, 0) is 24.5 Å². The van der Waals surface area contributed by atoms with Gasteiger partial charge in [-0.1, -0.05) is 10.4 Å². The second kappa shape index (κ2) is 7.68. The summed E-state index contributed by atoms with van der Waals surface area (Å²) in [5, 5.41) is 12.5. The number of aromatic nitrogens is 5. The first-order chi connectivity index (χ1) is 14.7. The fourth-order valence-corrected chi connectivity index (χ4v) is 3.35. The first-order valence-electron chi connectivity index (χ1n) is 9.49. The Hall–Kier alpha value is -3.59. The van der Waals surface area contributed by atoms with Gasteiger partial charge in [-0.05, 0) is 37.3 Å². The quantitative estimate of drug-likeness (QED) is 0.500. The van der Waals surface area contributed by atoms with Crippen LogP contribution in [0.15, 0.2) is 47.1 Å². The minimum Gasteiger partial charge on any atom is -0.473 e. The minimum atomic E-state index is -0.304.